The van der Waals surface area contributed by atoms with Crippen LogP contribution in [0.25, 0.3) is 5.82 Å². The van der Waals surface area contributed by atoms with E-state index in [1.54, 1.807) is 22.9 Å². The number of carbonyl (C=O) groups excluding carboxylic acids is 2. The summed E-state index contributed by atoms with van der Waals surface area (Å²) in [5.41, 5.74) is 3.97. The van der Waals surface area contributed by atoms with E-state index in [2.05, 4.69) is 10.1 Å². The van der Waals surface area contributed by atoms with Crippen molar-refractivity contribution in [1.82, 2.24) is 14.8 Å². The van der Waals surface area contributed by atoms with Crippen LogP contribution in [0, 0.1) is 27.7 Å². The summed E-state index contributed by atoms with van der Waals surface area (Å²) in [7, 11) is 0. The Morgan fingerprint density at radius 3 is 2.50 bits per heavy atom. The van der Waals surface area contributed by atoms with E-state index >= 15 is 0 Å². The van der Waals surface area contributed by atoms with Crippen molar-refractivity contribution in [2.75, 3.05) is 6.61 Å². The molecule has 0 saturated heterocycles. The van der Waals surface area contributed by atoms with Crippen molar-refractivity contribution in [3.8, 4) is 5.82 Å². The predicted molar refractivity (Wildman–Crippen MR) is 106 cm³/mol. The van der Waals surface area contributed by atoms with Crippen LogP contribution < -0.4 is 0 Å². The standard InChI is InChI=1S/C21H20ClN3O3/c1-12-5-6-13(2)16(9-12)18(26)11-28-21(27)20-17(22)7-8-19(23-20)25-15(4)10-14(3)24-25/h5-10H,11H2,1-4H3. The summed E-state index contributed by atoms with van der Waals surface area (Å²) in [5.74, 6) is -0.588. The van der Waals surface area contributed by atoms with Crippen molar-refractivity contribution < 1.29 is 14.3 Å². The average molecular weight is 398 g/mol. The number of hydrogen-bond acceptors (Lipinski definition) is 5. The number of benzene rings is 1. The minimum atomic E-state index is -0.757. The molecule has 3 rings (SSSR count). The highest BCUT2D eigenvalue weighted by atomic mass is 35.5. The maximum absolute atomic E-state index is 12.5. The molecule has 0 fully saturated rings. The second-order valence-corrected chi connectivity index (χ2v) is 7.06. The van der Waals surface area contributed by atoms with Crippen molar-refractivity contribution >= 4 is 23.4 Å². The Balaban J connectivity index is 1.79. The third kappa shape index (κ3) is 4.12. The first-order valence-corrected chi connectivity index (χ1v) is 9.12. The minimum Gasteiger partial charge on any atom is -0.453 e. The van der Waals surface area contributed by atoms with Gasteiger partial charge in [0.05, 0.1) is 10.7 Å². The number of Topliss-reactive ketones (excluding diaryl/α,β-unsaturated/α-hetero) is 1. The molecule has 0 aliphatic carbocycles. The van der Waals surface area contributed by atoms with Gasteiger partial charge in [-0.3, -0.25) is 4.79 Å². The fourth-order valence-corrected chi connectivity index (χ4v) is 3.05. The molecule has 0 bridgehead atoms. The molecule has 2 heterocycles. The van der Waals surface area contributed by atoms with E-state index in [9.17, 15) is 9.59 Å². The largest absolute Gasteiger partial charge is 0.453 e. The van der Waals surface area contributed by atoms with Gasteiger partial charge in [0.2, 0.25) is 5.78 Å². The molecular weight excluding hydrogens is 378 g/mol. The second kappa shape index (κ2) is 7.94. The van der Waals surface area contributed by atoms with Crippen LogP contribution in [-0.4, -0.2) is 33.1 Å². The van der Waals surface area contributed by atoms with Crippen molar-refractivity contribution in [3.05, 3.63) is 75.2 Å². The number of hydrogen-bond donors (Lipinski definition) is 0. The first-order valence-electron chi connectivity index (χ1n) is 8.74. The SMILES string of the molecule is Cc1ccc(C)c(C(=O)COC(=O)c2nc(-n3nc(C)cc3C)ccc2Cl)c1. The lowest BCUT2D eigenvalue weighted by molar-refractivity contribution is 0.0469. The van der Waals surface area contributed by atoms with E-state index in [1.807, 2.05) is 45.9 Å². The van der Waals surface area contributed by atoms with Crippen molar-refractivity contribution in [2.24, 2.45) is 0 Å². The van der Waals surface area contributed by atoms with Crippen LogP contribution in [0.5, 0.6) is 0 Å². The van der Waals surface area contributed by atoms with Gasteiger partial charge in [-0.05, 0) is 57.5 Å². The van der Waals surface area contributed by atoms with Crippen LogP contribution >= 0.6 is 11.6 Å². The van der Waals surface area contributed by atoms with Crippen LogP contribution in [0.4, 0.5) is 0 Å². The molecule has 0 radical (unpaired) electrons. The lowest BCUT2D eigenvalue weighted by atomic mass is 10.0. The molecule has 3 aromatic rings. The van der Waals surface area contributed by atoms with Gasteiger partial charge < -0.3 is 4.74 Å². The monoisotopic (exact) mass is 397 g/mol. The molecule has 2 aromatic heterocycles. The van der Waals surface area contributed by atoms with Gasteiger partial charge in [-0.25, -0.2) is 14.5 Å². The van der Waals surface area contributed by atoms with Gasteiger partial charge in [0.1, 0.15) is 0 Å². The minimum absolute atomic E-state index is 0.0551. The van der Waals surface area contributed by atoms with Crippen LogP contribution in [0.15, 0.2) is 36.4 Å². The summed E-state index contributed by atoms with van der Waals surface area (Å²) in [6, 6.07) is 10.7. The summed E-state index contributed by atoms with van der Waals surface area (Å²) < 4.78 is 6.80. The van der Waals surface area contributed by atoms with Crippen molar-refractivity contribution in [2.45, 2.75) is 27.7 Å². The highest BCUT2D eigenvalue weighted by Gasteiger charge is 2.19. The second-order valence-electron chi connectivity index (χ2n) is 6.66. The lowest BCUT2D eigenvalue weighted by Gasteiger charge is -2.09. The molecule has 0 atom stereocenters. The van der Waals surface area contributed by atoms with Crippen LogP contribution in [0.2, 0.25) is 5.02 Å². The van der Waals surface area contributed by atoms with Crippen molar-refractivity contribution in [3.63, 3.8) is 0 Å². The van der Waals surface area contributed by atoms with Gasteiger partial charge in [-0.1, -0.05) is 29.3 Å². The fourth-order valence-electron chi connectivity index (χ4n) is 2.87. The first kappa shape index (κ1) is 19.8. The molecule has 1 aromatic carbocycles. The number of rotatable bonds is 5. The summed E-state index contributed by atoms with van der Waals surface area (Å²) in [6.45, 7) is 7.11. The number of halogens is 1. The molecule has 144 valence electrons. The van der Waals surface area contributed by atoms with Gasteiger partial charge in [0, 0.05) is 11.3 Å². The zero-order chi connectivity index (χ0) is 20.4. The molecule has 6 nitrogen and oxygen atoms in total. The van der Waals surface area contributed by atoms with Crippen molar-refractivity contribution in [1.29, 1.82) is 0 Å². The molecule has 7 heteroatoms. The molecule has 0 aliphatic rings. The van der Waals surface area contributed by atoms with Gasteiger partial charge in [-0.2, -0.15) is 5.10 Å². The maximum Gasteiger partial charge on any atom is 0.359 e. The number of ketones is 1. The Morgan fingerprint density at radius 1 is 1.07 bits per heavy atom. The summed E-state index contributed by atoms with van der Waals surface area (Å²) in [4.78, 5) is 29.2. The van der Waals surface area contributed by atoms with Crippen LogP contribution in [0.1, 0.15) is 43.4 Å². The Kier molecular flexibility index (Phi) is 5.61. The zero-order valence-corrected chi connectivity index (χ0v) is 16.9. The summed E-state index contributed by atoms with van der Waals surface area (Å²) in [6.07, 6.45) is 0. The predicted octanol–water partition coefficient (Wildman–Crippen LogP) is 4.19. The van der Waals surface area contributed by atoms with E-state index in [1.165, 1.54) is 0 Å². The number of ether oxygens (including phenoxy) is 1. The zero-order valence-electron chi connectivity index (χ0n) is 16.1. The maximum atomic E-state index is 12.5. The van der Waals surface area contributed by atoms with E-state index in [0.717, 1.165) is 22.5 Å². The quantitative estimate of drug-likeness (QED) is 0.476. The third-order valence-corrected chi connectivity index (χ3v) is 4.58. The Labute approximate surface area is 168 Å². The highest BCUT2D eigenvalue weighted by Crippen LogP contribution is 2.19. The van der Waals surface area contributed by atoms with Gasteiger partial charge in [0.25, 0.3) is 0 Å². The van der Waals surface area contributed by atoms with E-state index in [0.29, 0.717) is 11.4 Å². The molecule has 0 amide bonds. The van der Waals surface area contributed by atoms with E-state index < -0.39 is 5.97 Å². The van der Waals surface area contributed by atoms with Gasteiger partial charge in [-0.15, -0.1) is 0 Å². The molecule has 0 aliphatic heterocycles. The molecular formula is C21H20ClN3O3. The van der Waals surface area contributed by atoms with E-state index in [-0.39, 0.29) is 23.1 Å². The number of pyridine rings is 1. The Morgan fingerprint density at radius 2 is 1.82 bits per heavy atom. The molecule has 28 heavy (non-hydrogen) atoms. The number of esters is 1. The molecule has 0 spiro atoms. The lowest BCUT2D eigenvalue weighted by Crippen LogP contribution is -2.17. The molecule has 0 saturated carbocycles. The number of aromatic nitrogens is 3. The summed E-state index contributed by atoms with van der Waals surface area (Å²) in [5, 5.41) is 4.49. The van der Waals surface area contributed by atoms with Gasteiger partial charge in [0.15, 0.2) is 18.1 Å². The molecule has 0 unspecified atom stereocenters. The van der Waals surface area contributed by atoms with E-state index in [4.69, 9.17) is 16.3 Å². The summed E-state index contributed by atoms with van der Waals surface area (Å²) >= 11 is 6.12. The Hall–Kier alpha value is -2.99. The highest BCUT2D eigenvalue weighted by molar-refractivity contribution is 6.33. The van der Waals surface area contributed by atoms with Crippen LogP contribution in [-0.2, 0) is 4.74 Å². The number of aryl methyl sites for hydroxylation is 4. The third-order valence-electron chi connectivity index (χ3n) is 4.28. The number of carbonyl (C=O) groups is 2. The topological polar surface area (TPSA) is 74.1 Å². The van der Waals surface area contributed by atoms with Gasteiger partial charge >= 0.3 is 5.97 Å². The fraction of sp³-hybridized carbons (Fsp3) is 0.238. The number of nitrogens with zero attached hydrogens (tertiary/aromatic N) is 3. The van der Waals surface area contributed by atoms with Crippen LogP contribution in [0.3, 0.4) is 0 Å². The smallest absolute Gasteiger partial charge is 0.359 e. The normalized spacial score (nSPS) is 10.8. The molecule has 0 N–H and O–H groups in total. The Bertz CT molecular complexity index is 1070. The average Bonchev–Trinajstić information content (AvgIpc) is 3.00. The first-order chi connectivity index (χ1) is 13.3.